The Kier molecular flexibility index (Phi) is 5.86. The second kappa shape index (κ2) is 8.49. The highest BCUT2D eigenvalue weighted by Gasteiger charge is 2.20. The normalized spacial score (nSPS) is 15.4. The summed E-state index contributed by atoms with van der Waals surface area (Å²) in [6.07, 6.45) is 2.90. The molecule has 0 atom stereocenters. The number of para-hydroxylation sites is 1. The zero-order chi connectivity index (χ0) is 17.5. The lowest BCUT2D eigenvalue weighted by Crippen LogP contribution is -2.35. The van der Waals surface area contributed by atoms with Crippen LogP contribution in [-0.4, -0.2) is 48.4 Å². The molecule has 1 saturated heterocycles. The van der Waals surface area contributed by atoms with Crippen molar-refractivity contribution in [3.8, 4) is 11.5 Å². The van der Waals surface area contributed by atoms with Crippen LogP contribution in [0.3, 0.4) is 0 Å². The summed E-state index contributed by atoms with van der Waals surface area (Å²) in [5.74, 6) is 1.51. The molecule has 0 N–H and O–H groups in total. The van der Waals surface area contributed by atoms with E-state index in [4.69, 9.17) is 4.74 Å². The van der Waals surface area contributed by atoms with Crippen LogP contribution in [0.25, 0.3) is 0 Å². The van der Waals surface area contributed by atoms with Crippen LogP contribution < -0.4 is 4.74 Å². The first-order chi connectivity index (χ1) is 12.3. The average molecular weight is 336 g/mol. The van der Waals surface area contributed by atoms with Crippen molar-refractivity contribution in [3.05, 3.63) is 72.8 Å². The number of amides is 1. The molecular formula is C21H24N2O2. The molecular weight excluding hydrogens is 312 g/mol. The summed E-state index contributed by atoms with van der Waals surface area (Å²) in [7, 11) is 0. The minimum absolute atomic E-state index is 0.0685. The maximum Gasteiger partial charge on any atom is 0.254 e. The molecule has 3 rings (SSSR count). The van der Waals surface area contributed by atoms with Gasteiger partial charge in [0.1, 0.15) is 11.5 Å². The highest BCUT2D eigenvalue weighted by atomic mass is 16.5. The standard InChI is InChI=1S/C21H24N2O2/c1-2-12-22-13-7-14-23(16-15-22)21(24)18-8-6-11-20(17-18)25-19-9-4-3-5-10-19/h2-6,8-11,17H,1,7,12-16H2. The van der Waals surface area contributed by atoms with Gasteiger partial charge >= 0.3 is 0 Å². The van der Waals surface area contributed by atoms with E-state index in [1.165, 1.54) is 0 Å². The third-order valence-corrected chi connectivity index (χ3v) is 4.32. The maximum atomic E-state index is 12.9. The molecule has 2 aromatic rings. The zero-order valence-electron chi connectivity index (χ0n) is 14.4. The lowest BCUT2D eigenvalue weighted by atomic mass is 10.2. The smallest absolute Gasteiger partial charge is 0.254 e. The second-order valence-corrected chi connectivity index (χ2v) is 6.18. The van der Waals surface area contributed by atoms with Crippen molar-refractivity contribution in [3.63, 3.8) is 0 Å². The molecule has 1 amide bonds. The van der Waals surface area contributed by atoms with Crippen LogP contribution in [0, 0.1) is 0 Å². The van der Waals surface area contributed by atoms with Gasteiger partial charge in [0.25, 0.3) is 5.91 Å². The van der Waals surface area contributed by atoms with E-state index in [0.29, 0.717) is 11.3 Å². The highest BCUT2D eigenvalue weighted by molar-refractivity contribution is 5.94. The Morgan fingerprint density at radius 1 is 1.00 bits per heavy atom. The van der Waals surface area contributed by atoms with Gasteiger partial charge in [-0.25, -0.2) is 0 Å². The van der Waals surface area contributed by atoms with Gasteiger partial charge in [-0.3, -0.25) is 9.69 Å². The van der Waals surface area contributed by atoms with Gasteiger partial charge in [0, 0.05) is 38.3 Å². The quantitative estimate of drug-likeness (QED) is 0.778. The molecule has 1 heterocycles. The summed E-state index contributed by atoms with van der Waals surface area (Å²) in [4.78, 5) is 17.1. The molecule has 1 aliphatic rings. The first kappa shape index (κ1) is 17.2. The van der Waals surface area contributed by atoms with E-state index in [9.17, 15) is 4.79 Å². The van der Waals surface area contributed by atoms with E-state index in [2.05, 4.69) is 11.5 Å². The first-order valence-electron chi connectivity index (χ1n) is 8.72. The Labute approximate surface area is 149 Å². The SMILES string of the molecule is C=CCN1CCCN(C(=O)c2cccc(Oc3ccccc3)c2)CC1. The summed E-state index contributed by atoms with van der Waals surface area (Å²) >= 11 is 0. The van der Waals surface area contributed by atoms with Crippen LogP contribution in [0.2, 0.25) is 0 Å². The molecule has 2 aromatic carbocycles. The fourth-order valence-corrected chi connectivity index (χ4v) is 3.04. The number of ether oxygens (including phenoxy) is 1. The predicted molar refractivity (Wildman–Crippen MR) is 100 cm³/mol. The Morgan fingerprint density at radius 2 is 1.80 bits per heavy atom. The summed E-state index contributed by atoms with van der Waals surface area (Å²) in [5, 5.41) is 0. The van der Waals surface area contributed by atoms with Gasteiger partial charge in [0.2, 0.25) is 0 Å². The van der Waals surface area contributed by atoms with Crippen LogP contribution in [0.4, 0.5) is 0 Å². The lowest BCUT2D eigenvalue weighted by molar-refractivity contribution is 0.0762. The number of carbonyl (C=O) groups excluding carboxylic acids is 1. The molecule has 0 unspecified atom stereocenters. The molecule has 0 spiro atoms. The van der Waals surface area contributed by atoms with Gasteiger partial charge in [-0.05, 0) is 36.8 Å². The second-order valence-electron chi connectivity index (χ2n) is 6.18. The average Bonchev–Trinajstić information content (AvgIpc) is 2.88. The van der Waals surface area contributed by atoms with Crippen molar-refractivity contribution < 1.29 is 9.53 Å². The Morgan fingerprint density at radius 3 is 2.60 bits per heavy atom. The maximum absolute atomic E-state index is 12.9. The van der Waals surface area contributed by atoms with E-state index in [0.717, 1.165) is 44.9 Å². The van der Waals surface area contributed by atoms with Crippen LogP contribution in [0.5, 0.6) is 11.5 Å². The highest BCUT2D eigenvalue weighted by Crippen LogP contribution is 2.22. The minimum Gasteiger partial charge on any atom is -0.457 e. The lowest BCUT2D eigenvalue weighted by Gasteiger charge is -2.21. The first-order valence-corrected chi connectivity index (χ1v) is 8.72. The molecule has 4 nitrogen and oxygen atoms in total. The Bertz CT molecular complexity index is 715. The van der Waals surface area contributed by atoms with Gasteiger partial charge in [-0.2, -0.15) is 0 Å². The van der Waals surface area contributed by atoms with Gasteiger partial charge in [0.05, 0.1) is 0 Å². The summed E-state index contributed by atoms with van der Waals surface area (Å²) in [6.45, 7) is 8.10. The third-order valence-electron chi connectivity index (χ3n) is 4.32. The number of benzene rings is 2. The summed E-state index contributed by atoms with van der Waals surface area (Å²) in [5.41, 5.74) is 0.672. The zero-order valence-corrected chi connectivity index (χ0v) is 14.4. The molecule has 0 bridgehead atoms. The van der Waals surface area contributed by atoms with Crippen LogP contribution in [0.15, 0.2) is 67.3 Å². The topological polar surface area (TPSA) is 32.8 Å². The molecule has 1 aliphatic heterocycles. The number of carbonyl (C=O) groups is 1. The van der Waals surface area contributed by atoms with E-state index in [1.807, 2.05) is 65.6 Å². The Balaban J connectivity index is 1.67. The van der Waals surface area contributed by atoms with Crippen LogP contribution in [-0.2, 0) is 0 Å². The molecule has 0 radical (unpaired) electrons. The largest absolute Gasteiger partial charge is 0.457 e. The van der Waals surface area contributed by atoms with Gasteiger partial charge in [-0.1, -0.05) is 30.3 Å². The molecule has 0 saturated carbocycles. The van der Waals surface area contributed by atoms with E-state index >= 15 is 0 Å². The van der Waals surface area contributed by atoms with E-state index < -0.39 is 0 Å². The number of rotatable bonds is 5. The fraction of sp³-hybridized carbons (Fsp3) is 0.286. The van der Waals surface area contributed by atoms with Crippen LogP contribution >= 0.6 is 0 Å². The van der Waals surface area contributed by atoms with E-state index in [-0.39, 0.29) is 5.91 Å². The number of nitrogens with zero attached hydrogens (tertiary/aromatic N) is 2. The van der Waals surface area contributed by atoms with E-state index in [1.54, 1.807) is 0 Å². The monoisotopic (exact) mass is 336 g/mol. The van der Waals surface area contributed by atoms with Crippen molar-refractivity contribution in [1.82, 2.24) is 9.80 Å². The predicted octanol–water partition coefficient (Wildman–Crippen LogP) is 3.81. The number of hydrogen-bond acceptors (Lipinski definition) is 3. The third kappa shape index (κ3) is 4.70. The summed E-state index contributed by atoms with van der Waals surface area (Å²) in [6, 6.07) is 17.0. The molecule has 130 valence electrons. The van der Waals surface area contributed by atoms with Crippen molar-refractivity contribution in [2.24, 2.45) is 0 Å². The molecule has 1 fully saturated rings. The van der Waals surface area contributed by atoms with Crippen molar-refractivity contribution in [2.45, 2.75) is 6.42 Å². The van der Waals surface area contributed by atoms with Crippen molar-refractivity contribution in [1.29, 1.82) is 0 Å². The van der Waals surface area contributed by atoms with Gasteiger partial charge < -0.3 is 9.64 Å². The molecule has 4 heteroatoms. The summed E-state index contributed by atoms with van der Waals surface area (Å²) < 4.78 is 5.84. The Hall–Kier alpha value is -2.59. The van der Waals surface area contributed by atoms with Gasteiger partial charge in [-0.15, -0.1) is 6.58 Å². The molecule has 0 aromatic heterocycles. The minimum atomic E-state index is 0.0685. The number of hydrogen-bond donors (Lipinski definition) is 0. The molecule has 25 heavy (non-hydrogen) atoms. The van der Waals surface area contributed by atoms with Crippen LogP contribution in [0.1, 0.15) is 16.8 Å². The van der Waals surface area contributed by atoms with Crippen molar-refractivity contribution >= 4 is 5.91 Å². The molecule has 0 aliphatic carbocycles. The fourth-order valence-electron chi connectivity index (χ4n) is 3.04. The van der Waals surface area contributed by atoms with Crippen molar-refractivity contribution in [2.75, 3.05) is 32.7 Å². The van der Waals surface area contributed by atoms with Gasteiger partial charge in [0.15, 0.2) is 0 Å².